The van der Waals surface area contributed by atoms with Crippen LogP contribution in [-0.2, 0) is 11.3 Å². The topological polar surface area (TPSA) is 80.0 Å². The van der Waals surface area contributed by atoms with E-state index in [2.05, 4.69) is 5.32 Å². The smallest absolute Gasteiger partial charge is 0.240 e. The summed E-state index contributed by atoms with van der Waals surface area (Å²) >= 11 is 0. The van der Waals surface area contributed by atoms with E-state index in [4.69, 9.17) is 15.1 Å². The van der Waals surface area contributed by atoms with Crippen LogP contribution < -0.4 is 5.32 Å². The van der Waals surface area contributed by atoms with E-state index in [0.29, 0.717) is 5.65 Å². The van der Waals surface area contributed by atoms with Crippen LogP contribution in [0.2, 0.25) is 0 Å². The van der Waals surface area contributed by atoms with Gasteiger partial charge in [-0.2, -0.15) is 0 Å². The summed E-state index contributed by atoms with van der Waals surface area (Å²) < 4.78 is 1.87. The Morgan fingerprint density at radius 3 is 2.54 bits per heavy atom. The number of nitrogens with zero attached hydrogens (tertiary/aromatic N) is 3. The first kappa shape index (κ1) is 14.6. The van der Waals surface area contributed by atoms with Crippen molar-refractivity contribution in [1.82, 2.24) is 19.9 Å². The highest BCUT2D eigenvalue weighted by molar-refractivity contribution is 6.07. The van der Waals surface area contributed by atoms with Crippen molar-refractivity contribution >= 4 is 39.0 Å². The Morgan fingerprint density at radius 2 is 1.75 bits per heavy atom. The number of aliphatic hydroxyl groups is 1. The van der Waals surface area contributed by atoms with Gasteiger partial charge in [-0.1, -0.05) is 30.3 Å². The fourth-order valence-electron chi connectivity index (χ4n) is 2.94. The Labute approximate surface area is 137 Å². The molecule has 0 aliphatic rings. The van der Waals surface area contributed by atoms with Crippen molar-refractivity contribution in [2.45, 2.75) is 6.54 Å². The van der Waals surface area contributed by atoms with E-state index in [1.54, 1.807) is 0 Å². The van der Waals surface area contributed by atoms with Gasteiger partial charge in [0.15, 0.2) is 5.65 Å². The van der Waals surface area contributed by atoms with Gasteiger partial charge in [-0.25, -0.2) is 9.97 Å². The van der Waals surface area contributed by atoms with E-state index in [9.17, 15) is 4.79 Å². The maximum absolute atomic E-state index is 12.1. The third-order valence-corrected chi connectivity index (χ3v) is 3.99. The third-order valence-electron chi connectivity index (χ3n) is 3.99. The number of hydrogen-bond donors (Lipinski definition) is 2. The van der Waals surface area contributed by atoms with Crippen LogP contribution in [0.15, 0.2) is 48.5 Å². The molecule has 1 amide bonds. The number of benzene rings is 2. The van der Waals surface area contributed by atoms with Crippen LogP contribution in [0, 0.1) is 0 Å². The molecule has 0 saturated heterocycles. The molecule has 0 spiro atoms. The zero-order valence-corrected chi connectivity index (χ0v) is 12.9. The molecular formula is C18H16N4O2. The van der Waals surface area contributed by atoms with Gasteiger partial charge in [0, 0.05) is 11.9 Å². The summed E-state index contributed by atoms with van der Waals surface area (Å²) in [5, 5.41) is 12.5. The molecule has 0 radical (unpaired) electrons. The molecule has 2 N–H and O–H groups in total. The highest BCUT2D eigenvalue weighted by Gasteiger charge is 2.16. The van der Waals surface area contributed by atoms with E-state index < -0.39 is 0 Å². The molecule has 120 valence electrons. The molecule has 4 aromatic rings. The number of carbonyl (C=O) groups is 1. The minimum Gasteiger partial charge on any atom is -0.395 e. The standard InChI is InChI=1S/C18H16N4O2/c23-10-9-19-16(24)11-22-15-8-4-1-5-12(15)17-18(22)21-14-7-3-2-6-13(14)20-17/h1-8,23H,9-11H2,(H,19,24). The Kier molecular flexibility index (Phi) is 3.59. The number of hydrogen-bond acceptors (Lipinski definition) is 4. The van der Waals surface area contributed by atoms with Crippen molar-refractivity contribution < 1.29 is 9.90 Å². The number of amides is 1. The average molecular weight is 320 g/mol. The van der Waals surface area contributed by atoms with Crippen LogP contribution in [0.25, 0.3) is 33.1 Å². The average Bonchev–Trinajstić information content (AvgIpc) is 2.91. The minimum absolute atomic E-state index is 0.0800. The monoisotopic (exact) mass is 320 g/mol. The van der Waals surface area contributed by atoms with Crippen LogP contribution in [-0.4, -0.2) is 38.7 Å². The first-order chi connectivity index (χ1) is 11.8. The lowest BCUT2D eigenvalue weighted by atomic mass is 10.2. The van der Waals surface area contributed by atoms with Gasteiger partial charge in [-0.3, -0.25) is 4.79 Å². The van der Waals surface area contributed by atoms with Gasteiger partial charge in [-0.15, -0.1) is 0 Å². The summed E-state index contributed by atoms with van der Waals surface area (Å²) in [7, 11) is 0. The van der Waals surface area contributed by atoms with Crippen LogP contribution in [0.1, 0.15) is 0 Å². The van der Waals surface area contributed by atoms with Crippen molar-refractivity contribution in [3.8, 4) is 0 Å². The predicted octanol–water partition coefficient (Wildman–Crippen LogP) is 1.85. The van der Waals surface area contributed by atoms with Gasteiger partial charge < -0.3 is 15.0 Å². The van der Waals surface area contributed by atoms with Crippen molar-refractivity contribution in [2.75, 3.05) is 13.2 Å². The van der Waals surface area contributed by atoms with Crippen LogP contribution >= 0.6 is 0 Å². The molecule has 0 unspecified atom stereocenters. The van der Waals surface area contributed by atoms with Crippen LogP contribution in [0.4, 0.5) is 0 Å². The maximum Gasteiger partial charge on any atom is 0.240 e. The van der Waals surface area contributed by atoms with Gasteiger partial charge in [0.05, 0.1) is 23.2 Å². The number of aromatic nitrogens is 3. The molecule has 0 aliphatic carbocycles. The molecule has 0 aliphatic heterocycles. The summed E-state index contributed by atoms with van der Waals surface area (Å²) in [6.45, 7) is 0.297. The molecule has 2 aromatic carbocycles. The molecule has 2 aromatic heterocycles. The Bertz CT molecular complexity index is 1050. The Hall–Kier alpha value is -2.99. The Morgan fingerprint density at radius 1 is 1.04 bits per heavy atom. The minimum atomic E-state index is -0.165. The number of rotatable bonds is 4. The second-order valence-electron chi connectivity index (χ2n) is 5.56. The van der Waals surface area contributed by atoms with E-state index in [-0.39, 0.29) is 25.6 Å². The molecular weight excluding hydrogens is 304 g/mol. The molecule has 2 heterocycles. The van der Waals surface area contributed by atoms with Gasteiger partial charge in [0.25, 0.3) is 0 Å². The third kappa shape index (κ3) is 2.37. The summed E-state index contributed by atoms with van der Waals surface area (Å²) in [5.41, 5.74) is 4.03. The molecule has 0 atom stereocenters. The summed E-state index contributed by atoms with van der Waals surface area (Å²) in [4.78, 5) is 21.6. The lowest BCUT2D eigenvalue weighted by Crippen LogP contribution is -2.29. The van der Waals surface area contributed by atoms with Gasteiger partial charge in [0.2, 0.25) is 5.91 Å². The number of carbonyl (C=O) groups excluding carboxylic acids is 1. The van der Waals surface area contributed by atoms with Crippen molar-refractivity contribution in [1.29, 1.82) is 0 Å². The van der Waals surface area contributed by atoms with Gasteiger partial charge in [0.1, 0.15) is 12.1 Å². The molecule has 0 bridgehead atoms. The van der Waals surface area contributed by atoms with E-state index in [1.165, 1.54) is 0 Å². The number of fused-ring (bicyclic) bond motifs is 4. The fourth-order valence-corrected chi connectivity index (χ4v) is 2.94. The molecule has 4 rings (SSSR count). The highest BCUT2D eigenvalue weighted by atomic mass is 16.3. The second kappa shape index (κ2) is 5.90. The largest absolute Gasteiger partial charge is 0.395 e. The lowest BCUT2D eigenvalue weighted by Gasteiger charge is -2.07. The van der Waals surface area contributed by atoms with Crippen LogP contribution in [0.5, 0.6) is 0 Å². The summed E-state index contributed by atoms with van der Waals surface area (Å²) in [6, 6.07) is 15.5. The fraction of sp³-hybridized carbons (Fsp3) is 0.167. The molecule has 6 nitrogen and oxygen atoms in total. The van der Waals surface area contributed by atoms with Gasteiger partial charge in [-0.05, 0) is 18.2 Å². The van der Waals surface area contributed by atoms with E-state index >= 15 is 0 Å². The number of nitrogens with one attached hydrogen (secondary N) is 1. The molecule has 24 heavy (non-hydrogen) atoms. The quantitative estimate of drug-likeness (QED) is 0.601. The normalized spacial score (nSPS) is 11.4. The summed E-state index contributed by atoms with van der Waals surface area (Å²) in [6.07, 6.45) is 0. The lowest BCUT2D eigenvalue weighted by molar-refractivity contribution is -0.121. The Balaban J connectivity index is 1.95. The predicted molar refractivity (Wildman–Crippen MR) is 92.6 cm³/mol. The SMILES string of the molecule is O=C(Cn1c2ccccc2c2nc3ccccc3nc21)NCCO. The number of para-hydroxylation sites is 3. The van der Waals surface area contributed by atoms with E-state index in [0.717, 1.165) is 27.5 Å². The zero-order valence-electron chi connectivity index (χ0n) is 12.9. The van der Waals surface area contributed by atoms with Crippen molar-refractivity contribution in [3.05, 3.63) is 48.5 Å². The van der Waals surface area contributed by atoms with Crippen LogP contribution in [0.3, 0.4) is 0 Å². The first-order valence-electron chi connectivity index (χ1n) is 7.79. The first-order valence-corrected chi connectivity index (χ1v) is 7.79. The maximum atomic E-state index is 12.1. The molecule has 0 fully saturated rings. The molecule has 6 heteroatoms. The zero-order chi connectivity index (χ0) is 16.5. The second-order valence-corrected chi connectivity index (χ2v) is 5.56. The van der Waals surface area contributed by atoms with Crippen molar-refractivity contribution in [2.24, 2.45) is 0 Å². The van der Waals surface area contributed by atoms with Crippen molar-refractivity contribution in [3.63, 3.8) is 0 Å². The van der Waals surface area contributed by atoms with E-state index in [1.807, 2.05) is 53.1 Å². The van der Waals surface area contributed by atoms with Gasteiger partial charge >= 0.3 is 0 Å². The number of aliphatic hydroxyl groups excluding tert-OH is 1. The highest BCUT2D eigenvalue weighted by Crippen LogP contribution is 2.27. The summed E-state index contributed by atoms with van der Waals surface area (Å²) in [5.74, 6) is -0.165. The molecule has 0 saturated carbocycles.